The highest BCUT2D eigenvalue weighted by molar-refractivity contribution is 5.87. The molecule has 0 amide bonds. The molecular weight excluding hydrogens is 432 g/mol. The summed E-state index contributed by atoms with van der Waals surface area (Å²) in [7, 11) is 0. The van der Waals surface area contributed by atoms with Crippen molar-refractivity contribution in [3.05, 3.63) is 12.2 Å². The molecule has 0 heterocycles. The Kier molecular flexibility index (Phi) is 11.3. The van der Waals surface area contributed by atoms with Gasteiger partial charge in [-0.05, 0) is 12.8 Å². The van der Waals surface area contributed by atoms with Gasteiger partial charge in [-0.25, -0.2) is 4.79 Å². The van der Waals surface area contributed by atoms with E-state index in [4.69, 9.17) is 9.84 Å². The van der Waals surface area contributed by atoms with Crippen LogP contribution in [0.5, 0.6) is 0 Å². The number of aliphatic hydroxyl groups excluding tert-OH is 1. The number of hydrogen-bond acceptors (Lipinski definition) is 4. The van der Waals surface area contributed by atoms with Gasteiger partial charge in [0.25, 0.3) is 0 Å². The summed E-state index contributed by atoms with van der Waals surface area (Å²) in [6, 6.07) is 0. The van der Waals surface area contributed by atoms with Crippen molar-refractivity contribution in [1.29, 1.82) is 0 Å². The highest BCUT2D eigenvalue weighted by atomic mass is 19.4. The van der Waals surface area contributed by atoms with Crippen LogP contribution in [-0.4, -0.2) is 61.2 Å². The summed E-state index contributed by atoms with van der Waals surface area (Å²) >= 11 is 0. The largest absolute Gasteiger partial charge is 0.462 e. The number of carbonyl (C=O) groups is 1. The van der Waals surface area contributed by atoms with Crippen LogP contribution in [0.4, 0.5) is 35.1 Å². The Bertz CT molecular complexity index is 552. The van der Waals surface area contributed by atoms with Crippen LogP contribution in [0.25, 0.3) is 0 Å². The number of unbranched alkanes of at least 4 members (excludes halogenated alkanes) is 2. The highest BCUT2D eigenvalue weighted by Crippen LogP contribution is 2.55. The molecule has 0 aliphatic rings. The summed E-state index contributed by atoms with van der Waals surface area (Å²) in [5.74, 6) is -24.5. The number of carbonyl (C=O) groups excluding carboxylic acids is 1. The third-order valence-electron chi connectivity index (χ3n) is 4.08. The van der Waals surface area contributed by atoms with Crippen LogP contribution in [0.3, 0.4) is 0 Å². The molecule has 0 saturated carbocycles. The van der Waals surface area contributed by atoms with Crippen LogP contribution in [0.15, 0.2) is 12.2 Å². The Labute approximate surface area is 169 Å². The summed E-state index contributed by atoms with van der Waals surface area (Å²) in [5, 5.41) is 8.49. The number of ether oxygens (including phenoxy) is 2. The smallest absolute Gasteiger partial charge is 0.378 e. The number of halogens is 8. The maximum absolute atomic E-state index is 13.7. The molecule has 0 aromatic heterocycles. The van der Waals surface area contributed by atoms with E-state index in [1.807, 2.05) is 0 Å². The summed E-state index contributed by atoms with van der Waals surface area (Å²) in [5.41, 5.74) is -0.265. The molecule has 0 radical (unpaired) electrons. The monoisotopic (exact) mass is 458 g/mol. The summed E-state index contributed by atoms with van der Waals surface area (Å²) in [6.45, 7) is 3.14. The van der Waals surface area contributed by atoms with E-state index in [1.165, 1.54) is 0 Å². The van der Waals surface area contributed by atoms with Crippen LogP contribution in [-0.2, 0) is 14.3 Å². The van der Waals surface area contributed by atoms with E-state index in [0.29, 0.717) is 6.42 Å². The Morgan fingerprint density at radius 2 is 1.37 bits per heavy atom. The summed E-state index contributed by atoms with van der Waals surface area (Å²) in [4.78, 5) is 11.5. The van der Waals surface area contributed by atoms with Crippen LogP contribution < -0.4 is 0 Å². The first-order chi connectivity index (χ1) is 13.7. The number of aliphatic hydroxyl groups is 1. The molecule has 0 aliphatic heterocycles. The Morgan fingerprint density at radius 1 is 0.867 bits per heavy atom. The fourth-order valence-electron chi connectivity index (χ4n) is 2.25. The average Bonchev–Trinajstić information content (AvgIpc) is 2.64. The van der Waals surface area contributed by atoms with Gasteiger partial charge in [0.05, 0.1) is 32.0 Å². The van der Waals surface area contributed by atoms with Gasteiger partial charge in [0.15, 0.2) is 0 Å². The van der Waals surface area contributed by atoms with Gasteiger partial charge in [-0.15, -0.1) is 0 Å². The Hall–Kier alpha value is -1.43. The van der Waals surface area contributed by atoms with Crippen molar-refractivity contribution >= 4 is 5.97 Å². The average molecular weight is 458 g/mol. The lowest BCUT2D eigenvalue weighted by Crippen LogP contribution is -2.62. The minimum atomic E-state index is -6.32. The van der Waals surface area contributed by atoms with Crippen LogP contribution in [0.2, 0.25) is 0 Å². The zero-order chi connectivity index (χ0) is 23.6. The second kappa shape index (κ2) is 11.8. The van der Waals surface area contributed by atoms with Crippen molar-refractivity contribution in [2.24, 2.45) is 0 Å². The van der Waals surface area contributed by atoms with Gasteiger partial charge in [-0.3, -0.25) is 0 Å². The van der Waals surface area contributed by atoms with Gasteiger partial charge in [0.2, 0.25) is 0 Å². The van der Waals surface area contributed by atoms with E-state index < -0.39 is 61.9 Å². The molecule has 0 bridgehead atoms. The number of rotatable bonds is 16. The molecule has 0 aliphatic carbocycles. The third kappa shape index (κ3) is 7.36. The van der Waals surface area contributed by atoms with E-state index >= 15 is 0 Å². The molecule has 0 rings (SSSR count). The molecule has 0 aromatic rings. The lowest BCUT2D eigenvalue weighted by Gasteiger charge is -2.37. The molecule has 4 nitrogen and oxygen atoms in total. The zero-order valence-electron chi connectivity index (χ0n) is 16.5. The van der Waals surface area contributed by atoms with Gasteiger partial charge in [-0.1, -0.05) is 26.3 Å². The predicted octanol–water partition coefficient (Wildman–Crippen LogP) is 5.00. The number of alkyl halides is 8. The zero-order valence-corrected chi connectivity index (χ0v) is 16.5. The molecule has 0 fully saturated rings. The van der Waals surface area contributed by atoms with Crippen molar-refractivity contribution < 1.29 is 54.5 Å². The first-order valence-corrected chi connectivity index (χ1v) is 9.22. The van der Waals surface area contributed by atoms with Crippen molar-refractivity contribution in [3.63, 3.8) is 0 Å². The van der Waals surface area contributed by atoms with Crippen molar-refractivity contribution in [2.45, 2.75) is 69.1 Å². The van der Waals surface area contributed by atoms with Gasteiger partial charge >= 0.3 is 29.7 Å². The number of hydrogen-bond donors (Lipinski definition) is 1. The fourth-order valence-corrected chi connectivity index (χ4v) is 2.25. The molecule has 178 valence electrons. The van der Waals surface area contributed by atoms with Crippen LogP contribution >= 0.6 is 0 Å². The van der Waals surface area contributed by atoms with E-state index in [0.717, 1.165) is 0 Å². The van der Waals surface area contributed by atoms with Crippen molar-refractivity contribution in [1.82, 2.24) is 0 Å². The topological polar surface area (TPSA) is 55.8 Å². The quantitative estimate of drug-likeness (QED) is 0.153. The lowest BCUT2D eigenvalue weighted by molar-refractivity contribution is -0.368. The first kappa shape index (κ1) is 28.6. The molecule has 1 N–H and O–H groups in total. The second-order valence-electron chi connectivity index (χ2n) is 6.63. The van der Waals surface area contributed by atoms with Crippen LogP contribution in [0, 0.1) is 0 Å². The maximum Gasteiger partial charge on any atom is 0.378 e. The molecule has 0 unspecified atom stereocenters. The van der Waals surface area contributed by atoms with E-state index in [-0.39, 0.29) is 31.8 Å². The molecule has 30 heavy (non-hydrogen) atoms. The van der Waals surface area contributed by atoms with Crippen molar-refractivity contribution in [2.75, 3.05) is 26.4 Å². The molecule has 0 spiro atoms. The van der Waals surface area contributed by atoms with Gasteiger partial charge in [-0.2, -0.15) is 35.1 Å². The molecular formula is C18H26F8O4. The molecule has 0 saturated heterocycles. The van der Waals surface area contributed by atoms with Crippen molar-refractivity contribution in [3.8, 4) is 0 Å². The van der Waals surface area contributed by atoms with E-state index in [2.05, 4.69) is 11.3 Å². The first-order valence-electron chi connectivity index (χ1n) is 9.22. The van der Waals surface area contributed by atoms with Gasteiger partial charge in [0, 0.05) is 12.8 Å². The van der Waals surface area contributed by atoms with E-state index in [9.17, 15) is 39.9 Å². The minimum Gasteiger partial charge on any atom is -0.462 e. The standard InChI is InChI=1S/C18H26F8O4/c1-3-4-5-7-15(19,20)17(23,24)18(25,26)16(21,22)8-6-10-30-14(28)13(2)12-29-11-9-27/h27H,2-12H2,1H3. The van der Waals surface area contributed by atoms with E-state index in [1.54, 1.807) is 6.92 Å². The van der Waals surface area contributed by atoms with Crippen LogP contribution in [0.1, 0.15) is 45.4 Å². The Morgan fingerprint density at radius 3 is 1.83 bits per heavy atom. The third-order valence-corrected chi connectivity index (χ3v) is 4.08. The second-order valence-corrected chi connectivity index (χ2v) is 6.63. The van der Waals surface area contributed by atoms with Gasteiger partial charge < -0.3 is 14.6 Å². The molecule has 12 heteroatoms. The Balaban J connectivity index is 4.84. The number of esters is 1. The minimum absolute atomic E-state index is 0.0509. The maximum atomic E-state index is 13.7. The predicted molar refractivity (Wildman–Crippen MR) is 91.2 cm³/mol. The lowest BCUT2D eigenvalue weighted by atomic mass is 9.93. The SMILES string of the molecule is C=C(COCCO)C(=O)OCCCC(F)(F)C(F)(F)C(F)(F)C(F)(F)CCCCC. The normalized spacial score (nSPS) is 13.4. The summed E-state index contributed by atoms with van der Waals surface area (Å²) < 4.78 is 119. The molecule has 0 aromatic carbocycles. The van der Waals surface area contributed by atoms with Gasteiger partial charge in [0.1, 0.15) is 0 Å². The summed E-state index contributed by atoms with van der Waals surface area (Å²) in [6.07, 6.45) is -4.69. The fraction of sp³-hybridized carbons (Fsp3) is 0.833. The molecule has 0 atom stereocenters. The highest BCUT2D eigenvalue weighted by Gasteiger charge is 2.79.